The summed E-state index contributed by atoms with van der Waals surface area (Å²) in [4.78, 5) is 23.1. The van der Waals surface area contributed by atoms with E-state index in [0.29, 0.717) is 26.1 Å². The molecule has 4 nitrogen and oxygen atoms in total. The summed E-state index contributed by atoms with van der Waals surface area (Å²) in [5, 5.41) is 0. The lowest BCUT2D eigenvalue weighted by Crippen LogP contribution is -2.20. The molecule has 1 atom stereocenters. The van der Waals surface area contributed by atoms with Crippen LogP contribution in [-0.2, 0) is 19.1 Å². The van der Waals surface area contributed by atoms with E-state index in [4.69, 9.17) is 9.47 Å². The van der Waals surface area contributed by atoms with Crippen LogP contribution in [0, 0.1) is 5.92 Å². The molecular weight excluding hydrogens is 376 g/mol. The predicted octanol–water partition coefficient (Wildman–Crippen LogP) is 7.55. The molecule has 176 valence electrons. The Hall–Kier alpha value is -1.32. The number of carbonyl (C=O) groups is 2. The minimum Gasteiger partial charge on any atom is -0.465 e. The van der Waals surface area contributed by atoms with Gasteiger partial charge in [-0.15, -0.1) is 0 Å². The number of allylic oxidation sites excluding steroid dienone is 2. The molecule has 0 N–H and O–H groups in total. The van der Waals surface area contributed by atoms with Gasteiger partial charge in [-0.1, -0.05) is 84.3 Å². The summed E-state index contributed by atoms with van der Waals surface area (Å²) in [5.74, 6) is -0.237. The van der Waals surface area contributed by atoms with Gasteiger partial charge in [0.2, 0.25) is 0 Å². The van der Waals surface area contributed by atoms with Crippen LogP contribution in [0.4, 0.5) is 0 Å². The molecule has 0 saturated heterocycles. The van der Waals surface area contributed by atoms with Gasteiger partial charge >= 0.3 is 11.9 Å². The first-order valence-corrected chi connectivity index (χ1v) is 12.6. The minimum absolute atomic E-state index is 0.0959. The van der Waals surface area contributed by atoms with Crippen LogP contribution in [-0.4, -0.2) is 25.2 Å². The molecule has 0 bridgehead atoms. The Bertz CT molecular complexity index is 431. The largest absolute Gasteiger partial charge is 0.465 e. The van der Waals surface area contributed by atoms with Crippen molar-refractivity contribution in [1.82, 2.24) is 0 Å². The van der Waals surface area contributed by atoms with Gasteiger partial charge in [0.05, 0.1) is 13.2 Å². The second-order valence-electron chi connectivity index (χ2n) is 8.33. The third kappa shape index (κ3) is 20.0. The average molecular weight is 425 g/mol. The molecule has 0 spiro atoms. The van der Waals surface area contributed by atoms with Crippen molar-refractivity contribution in [2.75, 3.05) is 13.2 Å². The Balaban J connectivity index is 3.45. The fraction of sp³-hybridized carbons (Fsp3) is 0.846. The molecule has 0 radical (unpaired) electrons. The molecule has 0 aromatic heterocycles. The van der Waals surface area contributed by atoms with E-state index in [0.717, 1.165) is 19.3 Å². The van der Waals surface area contributed by atoms with Crippen molar-refractivity contribution in [2.45, 2.75) is 124 Å². The van der Waals surface area contributed by atoms with Crippen LogP contribution < -0.4 is 0 Å². The number of hydrogen-bond donors (Lipinski definition) is 0. The summed E-state index contributed by atoms with van der Waals surface area (Å²) >= 11 is 0. The SMILES string of the molecule is CCCCCCCC/C=C\CCCCCCCC(=O)OCC(CC)COC(=O)CC. The number of ether oxygens (including phenoxy) is 2. The van der Waals surface area contributed by atoms with Crippen LogP contribution in [0.3, 0.4) is 0 Å². The number of rotatable bonds is 21. The summed E-state index contributed by atoms with van der Waals surface area (Å²) in [6.45, 7) is 6.73. The van der Waals surface area contributed by atoms with Crippen LogP contribution in [0.25, 0.3) is 0 Å². The molecule has 0 saturated carbocycles. The van der Waals surface area contributed by atoms with E-state index in [1.54, 1.807) is 6.92 Å². The lowest BCUT2D eigenvalue weighted by molar-refractivity contribution is -0.148. The maximum atomic E-state index is 11.9. The third-order valence-electron chi connectivity index (χ3n) is 5.47. The van der Waals surface area contributed by atoms with Gasteiger partial charge in [-0.2, -0.15) is 0 Å². The fourth-order valence-corrected chi connectivity index (χ4v) is 3.22. The van der Waals surface area contributed by atoms with Crippen LogP contribution in [0.5, 0.6) is 0 Å². The van der Waals surface area contributed by atoms with E-state index >= 15 is 0 Å². The first-order chi connectivity index (χ1) is 14.6. The number of esters is 2. The topological polar surface area (TPSA) is 52.6 Å². The van der Waals surface area contributed by atoms with Gasteiger partial charge in [-0.25, -0.2) is 0 Å². The summed E-state index contributed by atoms with van der Waals surface area (Å²) < 4.78 is 10.5. The van der Waals surface area contributed by atoms with E-state index in [2.05, 4.69) is 19.1 Å². The molecule has 0 aliphatic heterocycles. The Kier molecular flexibility index (Phi) is 21.4. The molecule has 4 heteroatoms. The van der Waals surface area contributed by atoms with Gasteiger partial charge in [0, 0.05) is 18.8 Å². The van der Waals surface area contributed by atoms with E-state index in [1.807, 2.05) is 6.92 Å². The van der Waals surface area contributed by atoms with Crippen molar-refractivity contribution >= 4 is 11.9 Å². The van der Waals surface area contributed by atoms with Gasteiger partial charge in [0.25, 0.3) is 0 Å². The Labute approximate surface area is 186 Å². The lowest BCUT2D eigenvalue weighted by Gasteiger charge is -2.15. The van der Waals surface area contributed by atoms with E-state index < -0.39 is 0 Å². The number of unbranched alkanes of at least 4 members (excludes halogenated alkanes) is 11. The van der Waals surface area contributed by atoms with Crippen molar-refractivity contribution < 1.29 is 19.1 Å². The summed E-state index contributed by atoms with van der Waals surface area (Å²) in [6.07, 6.45) is 22.6. The lowest BCUT2D eigenvalue weighted by atomic mass is 10.1. The zero-order valence-corrected chi connectivity index (χ0v) is 20.1. The maximum absolute atomic E-state index is 11.9. The van der Waals surface area contributed by atoms with E-state index in [-0.39, 0.29) is 17.9 Å². The predicted molar refractivity (Wildman–Crippen MR) is 125 cm³/mol. The second kappa shape index (κ2) is 22.4. The van der Waals surface area contributed by atoms with Crippen LogP contribution in [0.2, 0.25) is 0 Å². The molecule has 1 unspecified atom stereocenters. The number of carbonyl (C=O) groups excluding carboxylic acids is 2. The van der Waals surface area contributed by atoms with Gasteiger partial charge < -0.3 is 9.47 Å². The van der Waals surface area contributed by atoms with Gasteiger partial charge in [0.15, 0.2) is 0 Å². The molecule has 30 heavy (non-hydrogen) atoms. The molecule has 0 aromatic carbocycles. The fourth-order valence-electron chi connectivity index (χ4n) is 3.22. The normalized spacial score (nSPS) is 12.2. The standard InChI is InChI=1S/C26H48O4/c1-4-7-8-9-10-11-12-13-14-15-16-17-18-19-20-21-26(28)30-23-24(5-2)22-29-25(27)6-3/h13-14,24H,4-12,15-23H2,1-3H3/b14-13-. The van der Waals surface area contributed by atoms with Crippen LogP contribution in [0.1, 0.15) is 124 Å². The molecular formula is C26H48O4. The molecule has 0 heterocycles. The zero-order valence-electron chi connectivity index (χ0n) is 20.1. The van der Waals surface area contributed by atoms with Crippen molar-refractivity contribution in [3.8, 4) is 0 Å². The highest BCUT2D eigenvalue weighted by Gasteiger charge is 2.12. The van der Waals surface area contributed by atoms with Crippen molar-refractivity contribution in [1.29, 1.82) is 0 Å². The Morgan fingerprint density at radius 3 is 1.70 bits per heavy atom. The highest BCUT2D eigenvalue weighted by Crippen LogP contribution is 2.11. The Morgan fingerprint density at radius 1 is 0.667 bits per heavy atom. The van der Waals surface area contributed by atoms with Gasteiger partial charge in [0.1, 0.15) is 0 Å². The number of hydrogen-bond acceptors (Lipinski definition) is 4. The zero-order chi connectivity index (χ0) is 22.3. The summed E-state index contributed by atoms with van der Waals surface area (Å²) in [5.41, 5.74) is 0. The van der Waals surface area contributed by atoms with Gasteiger partial charge in [-0.05, 0) is 38.5 Å². The van der Waals surface area contributed by atoms with E-state index in [9.17, 15) is 9.59 Å². The van der Waals surface area contributed by atoms with E-state index in [1.165, 1.54) is 70.6 Å². The maximum Gasteiger partial charge on any atom is 0.305 e. The van der Waals surface area contributed by atoms with Crippen molar-refractivity contribution in [3.63, 3.8) is 0 Å². The van der Waals surface area contributed by atoms with Crippen LogP contribution >= 0.6 is 0 Å². The smallest absolute Gasteiger partial charge is 0.305 e. The molecule has 0 rings (SSSR count). The summed E-state index contributed by atoms with van der Waals surface area (Å²) in [6, 6.07) is 0. The molecule has 0 fully saturated rings. The Morgan fingerprint density at radius 2 is 1.17 bits per heavy atom. The minimum atomic E-state index is -0.201. The monoisotopic (exact) mass is 424 g/mol. The van der Waals surface area contributed by atoms with Crippen LogP contribution in [0.15, 0.2) is 12.2 Å². The average Bonchev–Trinajstić information content (AvgIpc) is 2.76. The molecule has 0 aliphatic rings. The van der Waals surface area contributed by atoms with Gasteiger partial charge in [-0.3, -0.25) is 9.59 Å². The highest BCUT2D eigenvalue weighted by molar-refractivity contribution is 5.69. The van der Waals surface area contributed by atoms with Crippen molar-refractivity contribution in [3.05, 3.63) is 12.2 Å². The second-order valence-corrected chi connectivity index (χ2v) is 8.33. The quantitative estimate of drug-likeness (QED) is 0.108. The molecule has 0 amide bonds. The first-order valence-electron chi connectivity index (χ1n) is 12.6. The third-order valence-corrected chi connectivity index (χ3v) is 5.47. The summed E-state index contributed by atoms with van der Waals surface area (Å²) in [7, 11) is 0. The first kappa shape index (κ1) is 28.7. The van der Waals surface area contributed by atoms with Crippen molar-refractivity contribution in [2.24, 2.45) is 5.92 Å². The molecule has 0 aliphatic carbocycles. The molecule has 0 aromatic rings. The highest BCUT2D eigenvalue weighted by atomic mass is 16.5.